The fourth-order valence-electron chi connectivity index (χ4n) is 6.47. The van der Waals surface area contributed by atoms with Crippen LogP contribution in [-0.2, 0) is 10.7 Å². The number of anilines is 1. The summed E-state index contributed by atoms with van der Waals surface area (Å²) in [6, 6.07) is 12.9. The third-order valence-electron chi connectivity index (χ3n) is 8.22. The molecule has 2 aromatic rings. The molecule has 0 amide bonds. The summed E-state index contributed by atoms with van der Waals surface area (Å²) in [5.74, 6) is -2.53. The number of halogens is 2. The zero-order valence-corrected chi connectivity index (χ0v) is 19.1. The quantitative estimate of drug-likeness (QED) is 0.517. The van der Waals surface area contributed by atoms with E-state index in [4.69, 9.17) is 0 Å². The maximum atomic E-state index is 15.2. The van der Waals surface area contributed by atoms with Gasteiger partial charge in [0, 0.05) is 42.6 Å². The van der Waals surface area contributed by atoms with Crippen LogP contribution in [-0.4, -0.2) is 24.5 Å². The van der Waals surface area contributed by atoms with Gasteiger partial charge in [-0.2, -0.15) is 0 Å². The summed E-state index contributed by atoms with van der Waals surface area (Å²) in [6.45, 7) is 1.73. The van der Waals surface area contributed by atoms with Gasteiger partial charge in [-0.25, -0.2) is 8.78 Å². The van der Waals surface area contributed by atoms with Crippen LogP contribution in [0.3, 0.4) is 0 Å². The molecule has 3 aliphatic rings. The summed E-state index contributed by atoms with van der Waals surface area (Å²) in [5, 5.41) is 9.93. The van der Waals surface area contributed by atoms with Gasteiger partial charge < -0.3 is 14.8 Å². The standard InChI is InChI=1S/C28H33F2NO2/c29-28(30)17-22(15-19-3-1-2-4-19)27(25-10-9-24(33)16-26(25)28)21-5-7-23(8-6-21)31-13-11-20(18-32)12-14-31/h5-10,16,18-20,22,27,33H,1-4,11-15,17H2/t22-,27-/m0/s1. The molecule has 2 fully saturated rings. The number of fused-ring (bicyclic) bond motifs is 1. The molecule has 5 heteroatoms. The monoisotopic (exact) mass is 453 g/mol. The van der Waals surface area contributed by atoms with E-state index in [-0.39, 0.29) is 35.5 Å². The number of hydrogen-bond donors (Lipinski definition) is 1. The van der Waals surface area contributed by atoms with Crippen molar-refractivity contribution < 1.29 is 18.7 Å². The third kappa shape index (κ3) is 4.51. The Labute approximate surface area is 194 Å². The highest BCUT2D eigenvalue weighted by Crippen LogP contribution is 2.53. The predicted octanol–water partition coefficient (Wildman–Crippen LogP) is 6.63. The van der Waals surface area contributed by atoms with Crippen LogP contribution in [0.25, 0.3) is 0 Å². The van der Waals surface area contributed by atoms with Crippen molar-refractivity contribution in [2.75, 3.05) is 18.0 Å². The number of hydrogen-bond acceptors (Lipinski definition) is 3. The van der Waals surface area contributed by atoms with Gasteiger partial charge in [-0.3, -0.25) is 0 Å². The largest absolute Gasteiger partial charge is 0.508 e. The van der Waals surface area contributed by atoms with Crippen molar-refractivity contribution in [2.24, 2.45) is 17.8 Å². The Balaban J connectivity index is 1.46. The number of aromatic hydroxyl groups is 1. The predicted molar refractivity (Wildman–Crippen MR) is 126 cm³/mol. The maximum Gasteiger partial charge on any atom is 0.273 e. The van der Waals surface area contributed by atoms with E-state index in [2.05, 4.69) is 29.2 Å². The summed E-state index contributed by atoms with van der Waals surface area (Å²) < 4.78 is 30.4. The van der Waals surface area contributed by atoms with Gasteiger partial charge in [0.2, 0.25) is 0 Å². The van der Waals surface area contributed by atoms with Crippen LogP contribution in [0, 0.1) is 17.8 Å². The van der Waals surface area contributed by atoms with Crippen molar-refractivity contribution >= 4 is 12.0 Å². The Hall–Kier alpha value is -2.43. The van der Waals surface area contributed by atoms with E-state index in [0.717, 1.165) is 62.7 Å². The van der Waals surface area contributed by atoms with Crippen molar-refractivity contribution in [3.8, 4) is 5.75 Å². The van der Waals surface area contributed by atoms with Gasteiger partial charge in [-0.05, 0) is 66.5 Å². The molecule has 0 spiro atoms. The van der Waals surface area contributed by atoms with Crippen LogP contribution in [0.5, 0.6) is 5.75 Å². The van der Waals surface area contributed by atoms with Gasteiger partial charge in [-0.1, -0.05) is 43.9 Å². The number of alkyl halides is 2. The molecule has 2 aromatic carbocycles. The molecule has 1 saturated carbocycles. The molecular formula is C28H33F2NO2. The van der Waals surface area contributed by atoms with E-state index >= 15 is 8.78 Å². The molecule has 0 radical (unpaired) electrons. The van der Waals surface area contributed by atoms with Crippen molar-refractivity contribution in [1.82, 2.24) is 0 Å². The normalized spacial score (nSPS) is 25.7. The lowest BCUT2D eigenvalue weighted by atomic mass is 9.67. The molecule has 1 aliphatic heterocycles. The first kappa shape index (κ1) is 22.4. The molecule has 5 rings (SSSR count). The Morgan fingerprint density at radius 1 is 1.00 bits per heavy atom. The second-order valence-electron chi connectivity index (χ2n) is 10.4. The molecule has 1 N–H and O–H groups in total. The van der Waals surface area contributed by atoms with E-state index in [1.54, 1.807) is 12.1 Å². The van der Waals surface area contributed by atoms with Gasteiger partial charge in [0.05, 0.1) is 0 Å². The average molecular weight is 454 g/mol. The molecule has 1 heterocycles. The lowest BCUT2D eigenvalue weighted by Gasteiger charge is -2.40. The van der Waals surface area contributed by atoms with Gasteiger partial charge in [0.25, 0.3) is 5.92 Å². The number of nitrogens with zero attached hydrogens (tertiary/aromatic N) is 1. The minimum atomic E-state index is -2.92. The molecule has 176 valence electrons. The highest BCUT2D eigenvalue weighted by atomic mass is 19.3. The minimum absolute atomic E-state index is 0.0183. The summed E-state index contributed by atoms with van der Waals surface area (Å²) in [7, 11) is 0. The topological polar surface area (TPSA) is 40.5 Å². The first-order valence-corrected chi connectivity index (χ1v) is 12.5. The molecule has 0 bridgehead atoms. The van der Waals surface area contributed by atoms with E-state index < -0.39 is 5.92 Å². The first-order chi connectivity index (χ1) is 15.9. The molecule has 0 unspecified atom stereocenters. The Kier molecular flexibility index (Phi) is 6.15. The molecule has 1 saturated heterocycles. The molecular weight excluding hydrogens is 420 g/mol. The summed E-state index contributed by atoms with van der Waals surface area (Å²) >= 11 is 0. The van der Waals surface area contributed by atoms with Crippen molar-refractivity contribution in [2.45, 2.75) is 63.2 Å². The smallest absolute Gasteiger partial charge is 0.273 e. The average Bonchev–Trinajstić information content (AvgIpc) is 3.33. The van der Waals surface area contributed by atoms with E-state index in [9.17, 15) is 9.90 Å². The fourth-order valence-corrected chi connectivity index (χ4v) is 6.47. The van der Waals surface area contributed by atoms with Crippen LogP contribution >= 0.6 is 0 Å². The van der Waals surface area contributed by atoms with E-state index in [1.165, 1.54) is 18.9 Å². The van der Waals surface area contributed by atoms with Gasteiger partial charge >= 0.3 is 0 Å². The Morgan fingerprint density at radius 3 is 2.36 bits per heavy atom. The highest BCUT2D eigenvalue weighted by molar-refractivity contribution is 5.56. The van der Waals surface area contributed by atoms with Gasteiger partial charge in [-0.15, -0.1) is 0 Å². The second kappa shape index (κ2) is 9.08. The van der Waals surface area contributed by atoms with Crippen LogP contribution in [0.4, 0.5) is 14.5 Å². The maximum absolute atomic E-state index is 15.2. The molecule has 0 aromatic heterocycles. The highest BCUT2D eigenvalue weighted by Gasteiger charge is 2.47. The van der Waals surface area contributed by atoms with Crippen molar-refractivity contribution in [1.29, 1.82) is 0 Å². The summed E-state index contributed by atoms with van der Waals surface area (Å²) in [6.07, 6.45) is 8.20. The zero-order chi connectivity index (χ0) is 23.0. The van der Waals surface area contributed by atoms with E-state index in [1.807, 2.05) is 0 Å². The Bertz CT molecular complexity index is 976. The van der Waals surface area contributed by atoms with Crippen LogP contribution in [0.2, 0.25) is 0 Å². The fraction of sp³-hybridized carbons (Fsp3) is 0.536. The number of phenolic OH excluding ortho intramolecular Hbond substituents is 1. The number of benzene rings is 2. The van der Waals surface area contributed by atoms with Crippen LogP contribution in [0.1, 0.15) is 74.0 Å². The number of piperidine rings is 1. The lowest BCUT2D eigenvalue weighted by molar-refractivity contribution is -0.111. The third-order valence-corrected chi connectivity index (χ3v) is 8.22. The lowest BCUT2D eigenvalue weighted by Crippen LogP contribution is -2.34. The number of carbonyl (C=O) groups excluding carboxylic acids is 1. The zero-order valence-electron chi connectivity index (χ0n) is 19.1. The number of carbonyl (C=O) groups is 1. The molecule has 3 nitrogen and oxygen atoms in total. The van der Waals surface area contributed by atoms with Gasteiger partial charge in [0.1, 0.15) is 12.0 Å². The summed E-state index contributed by atoms with van der Waals surface area (Å²) in [5.41, 5.74) is 2.84. The van der Waals surface area contributed by atoms with Crippen LogP contribution < -0.4 is 4.90 Å². The van der Waals surface area contributed by atoms with E-state index in [0.29, 0.717) is 11.5 Å². The van der Waals surface area contributed by atoms with Gasteiger partial charge in [0.15, 0.2) is 0 Å². The number of rotatable bonds is 5. The molecule has 2 aliphatic carbocycles. The molecule has 33 heavy (non-hydrogen) atoms. The first-order valence-electron chi connectivity index (χ1n) is 12.5. The Morgan fingerprint density at radius 2 is 1.70 bits per heavy atom. The second-order valence-corrected chi connectivity index (χ2v) is 10.4. The number of phenols is 1. The van der Waals surface area contributed by atoms with Crippen molar-refractivity contribution in [3.05, 3.63) is 59.2 Å². The van der Waals surface area contributed by atoms with Crippen molar-refractivity contribution in [3.63, 3.8) is 0 Å². The van der Waals surface area contributed by atoms with Crippen LogP contribution in [0.15, 0.2) is 42.5 Å². The number of aldehydes is 1. The SMILES string of the molecule is O=CC1CCN(c2ccc([C@@H]3c4ccc(O)cc4C(F)(F)C[C@@H]3CC3CCCC3)cc2)CC1. The summed E-state index contributed by atoms with van der Waals surface area (Å²) in [4.78, 5) is 13.4. The molecule has 2 atom stereocenters. The minimum Gasteiger partial charge on any atom is -0.508 e.